The minimum atomic E-state index is -1.19. The second-order valence-corrected chi connectivity index (χ2v) is 11.6. The highest BCUT2D eigenvalue weighted by Gasteiger charge is 2.36. The predicted molar refractivity (Wildman–Crippen MR) is 160 cm³/mol. The number of carbonyl (C=O) groups excluding carboxylic acids is 5. The summed E-state index contributed by atoms with van der Waals surface area (Å²) in [6.07, 6.45) is 4.60. The van der Waals surface area contributed by atoms with E-state index >= 15 is 0 Å². The monoisotopic (exact) mass is 590 g/mol. The number of nitrogens with zero attached hydrogens (tertiary/aromatic N) is 1. The number of benzene rings is 1. The van der Waals surface area contributed by atoms with E-state index in [0.717, 1.165) is 43.2 Å². The van der Waals surface area contributed by atoms with Crippen LogP contribution in [0, 0.1) is 13.8 Å². The maximum atomic E-state index is 14.2. The fourth-order valence-electron chi connectivity index (χ4n) is 4.59. The van der Waals surface area contributed by atoms with Gasteiger partial charge in [0.1, 0.15) is 24.2 Å². The van der Waals surface area contributed by atoms with Crippen LogP contribution in [-0.2, 0) is 28.7 Å². The normalized spacial score (nSPS) is 12.5. The zero-order chi connectivity index (χ0) is 31.9. The molecule has 0 fully saturated rings. The third-order valence-corrected chi connectivity index (χ3v) is 6.46. The molecular formula is C31H50N4O7. The Balaban J connectivity index is 3.55. The van der Waals surface area contributed by atoms with Crippen LogP contribution in [0.5, 0.6) is 0 Å². The zero-order valence-corrected chi connectivity index (χ0v) is 26.3. The number of hydrogen-bond donors (Lipinski definition) is 3. The average molecular weight is 591 g/mol. The highest BCUT2D eigenvalue weighted by molar-refractivity contribution is 5.93. The molecular weight excluding hydrogens is 540 g/mol. The minimum absolute atomic E-state index is 0.0796. The summed E-state index contributed by atoms with van der Waals surface area (Å²) in [6, 6.07) is 3.28. The predicted octanol–water partition coefficient (Wildman–Crippen LogP) is 3.98. The molecule has 11 heteroatoms. The van der Waals surface area contributed by atoms with Crippen LogP contribution in [0.25, 0.3) is 0 Å². The van der Waals surface area contributed by atoms with Gasteiger partial charge in [-0.05, 0) is 53.0 Å². The lowest BCUT2D eigenvalue weighted by Crippen LogP contribution is -2.53. The van der Waals surface area contributed by atoms with E-state index in [-0.39, 0.29) is 25.9 Å². The molecule has 0 radical (unpaired) electrons. The van der Waals surface area contributed by atoms with Crippen LogP contribution >= 0.6 is 0 Å². The Bertz CT molecular complexity index is 1050. The molecule has 0 aromatic heterocycles. The van der Waals surface area contributed by atoms with E-state index in [9.17, 15) is 24.0 Å². The van der Waals surface area contributed by atoms with Gasteiger partial charge in [0, 0.05) is 13.0 Å². The first-order valence-corrected chi connectivity index (χ1v) is 14.7. The maximum absolute atomic E-state index is 14.2. The van der Waals surface area contributed by atoms with Gasteiger partial charge in [-0.3, -0.25) is 19.2 Å². The number of primary amides is 1. The summed E-state index contributed by atoms with van der Waals surface area (Å²) >= 11 is 0. The molecule has 0 aliphatic heterocycles. The third-order valence-electron chi connectivity index (χ3n) is 6.46. The van der Waals surface area contributed by atoms with E-state index in [1.165, 1.54) is 12.0 Å². The van der Waals surface area contributed by atoms with Crippen LogP contribution < -0.4 is 16.4 Å². The molecule has 0 spiro atoms. The molecule has 0 saturated carbocycles. The van der Waals surface area contributed by atoms with Gasteiger partial charge in [-0.2, -0.15) is 0 Å². The second-order valence-electron chi connectivity index (χ2n) is 11.6. The van der Waals surface area contributed by atoms with Crippen molar-refractivity contribution < 1.29 is 33.4 Å². The molecule has 1 aromatic carbocycles. The zero-order valence-electron chi connectivity index (χ0n) is 26.3. The van der Waals surface area contributed by atoms with Crippen molar-refractivity contribution in [3.63, 3.8) is 0 Å². The van der Waals surface area contributed by atoms with E-state index < -0.39 is 47.5 Å². The smallest absolute Gasteiger partial charge is 0.408 e. The van der Waals surface area contributed by atoms with Crippen LogP contribution in [0.1, 0.15) is 102 Å². The summed E-state index contributed by atoms with van der Waals surface area (Å²) in [5.74, 6) is -2.41. The first-order chi connectivity index (χ1) is 19.7. The number of rotatable bonds is 17. The molecule has 4 amide bonds. The molecule has 2 unspecified atom stereocenters. The van der Waals surface area contributed by atoms with Crippen molar-refractivity contribution in [2.45, 2.75) is 111 Å². The van der Waals surface area contributed by atoms with Crippen LogP contribution in [0.4, 0.5) is 4.79 Å². The topological polar surface area (TPSA) is 157 Å². The number of aryl methyl sites for hydroxylation is 2. The summed E-state index contributed by atoms with van der Waals surface area (Å²) in [4.78, 5) is 65.6. The first-order valence-electron chi connectivity index (χ1n) is 14.7. The number of nitrogens with two attached hydrogens (primary N) is 1. The standard InChI is InChI=1S/C31H50N4O7/c1-8-9-10-11-12-13-16-35(29(39)24(14-15-25(32)36)34-30(40)42-31(4,5)6)27(28(38)33-20-26(37)41-7)23-18-21(2)17-22(3)19-23/h17-19,24,27H,8-16,20H2,1-7H3,(H2,32,36)(H,33,38)(H,34,40). The maximum Gasteiger partial charge on any atom is 0.408 e. The highest BCUT2D eigenvalue weighted by Crippen LogP contribution is 2.26. The van der Waals surface area contributed by atoms with E-state index in [1.807, 2.05) is 32.0 Å². The van der Waals surface area contributed by atoms with Crippen LogP contribution in [0.3, 0.4) is 0 Å². The van der Waals surface area contributed by atoms with Crippen molar-refractivity contribution in [3.8, 4) is 0 Å². The van der Waals surface area contributed by atoms with Crippen molar-refractivity contribution >= 4 is 29.8 Å². The number of nitrogens with one attached hydrogen (secondary N) is 2. The molecule has 0 bridgehead atoms. The van der Waals surface area contributed by atoms with Crippen molar-refractivity contribution in [2.75, 3.05) is 20.2 Å². The summed E-state index contributed by atoms with van der Waals surface area (Å²) in [5, 5.41) is 5.18. The first kappa shape index (κ1) is 36.4. The Kier molecular flexibility index (Phi) is 15.6. The number of hydrogen-bond acceptors (Lipinski definition) is 7. The number of carbonyl (C=O) groups is 5. The quantitative estimate of drug-likeness (QED) is 0.183. The molecule has 2 atom stereocenters. The fraction of sp³-hybridized carbons (Fsp3) is 0.645. The van der Waals surface area contributed by atoms with Crippen LogP contribution in [0.15, 0.2) is 18.2 Å². The largest absolute Gasteiger partial charge is 0.468 e. The van der Waals surface area contributed by atoms with E-state index in [1.54, 1.807) is 20.8 Å². The highest BCUT2D eigenvalue weighted by atomic mass is 16.6. The van der Waals surface area contributed by atoms with Gasteiger partial charge in [0.25, 0.3) is 0 Å². The molecule has 0 heterocycles. The minimum Gasteiger partial charge on any atom is -0.468 e. The van der Waals surface area contributed by atoms with Crippen LogP contribution in [-0.4, -0.2) is 66.5 Å². The number of amides is 4. The number of methoxy groups -OCH3 is 1. The lowest BCUT2D eigenvalue weighted by Gasteiger charge is -2.35. The van der Waals surface area contributed by atoms with Gasteiger partial charge in [-0.1, -0.05) is 68.4 Å². The summed E-state index contributed by atoms with van der Waals surface area (Å²) in [5.41, 5.74) is 6.89. The molecule has 1 aromatic rings. The summed E-state index contributed by atoms with van der Waals surface area (Å²) < 4.78 is 10.1. The average Bonchev–Trinajstić information content (AvgIpc) is 2.88. The molecule has 236 valence electrons. The van der Waals surface area contributed by atoms with E-state index in [0.29, 0.717) is 12.0 Å². The van der Waals surface area contributed by atoms with Crippen LogP contribution in [0.2, 0.25) is 0 Å². The van der Waals surface area contributed by atoms with Gasteiger partial charge in [0.05, 0.1) is 7.11 Å². The number of unbranched alkanes of at least 4 members (excludes halogenated alkanes) is 5. The third kappa shape index (κ3) is 13.8. The van der Waals surface area contributed by atoms with E-state index in [4.69, 9.17) is 10.5 Å². The molecule has 0 saturated heterocycles. The van der Waals surface area contributed by atoms with Gasteiger partial charge in [0.2, 0.25) is 17.7 Å². The molecule has 11 nitrogen and oxygen atoms in total. The van der Waals surface area contributed by atoms with Crippen molar-refractivity contribution in [1.82, 2.24) is 15.5 Å². The fourth-order valence-corrected chi connectivity index (χ4v) is 4.59. The van der Waals surface area contributed by atoms with Gasteiger partial charge in [0.15, 0.2) is 0 Å². The van der Waals surface area contributed by atoms with Gasteiger partial charge < -0.3 is 30.7 Å². The molecule has 0 aliphatic rings. The Morgan fingerprint density at radius 3 is 2.10 bits per heavy atom. The molecule has 42 heavy (non-hydrogen) atoms. The summed E-state index contributed by atoms with van der Waals surface area (Å²) in [7, 11) is 1.22. The van der Waals surface area contributed by atoms with Crippen molar-refractivity contribution in [2.24, 2.45) is 5.73 Å². The Labute approximate surface area is 250 Å². The summed E-state index contributed by atoms with van der Waals surface area (Å²) in [6.45, 7) is 10.8. The van der Waals surface area contributed by atoms with Crippen molar-refractivity contribution in [3.05, 3.63) is 34.9 Å². The lowest BCUT2D eigenvalue weighted by molar-refractivity contribution is -0.145. The van der Waals surface area contributed by atoms with Gasteiger partial charge >= 0.3 is 12.1 Å². The molecule has 4 N–H and O–H groups in total. The van der Waals surface area contributed by atoms with Gasteiger partial charge in [-0.15, -0.1) is 0 Å². The van der Waals surface area contributed by atoms with Gasteiger partial charge in [-0.25, -0.2) is 4.79 Å². The molecule has 0 aliphatic carbocycles. The SMILES string of the molecule is CCCCCCCCN(C(=O)C(CCC(N)=O)NC(=O)OC(C)(C)C)C(C(=O)NCC(=O)OC)c1cc(C)cc(C)c1. The van der Waals surface area contributed by atoms with E-state index in [2.05, 4.69) is 22.3 Å². The second kappa shape index (κ2) is 18.0. The Morgan fingerprint density at radius 2 is 1.55 bits per heavy atom. The Hall–Kier alpha value is -3.63. The lowest BCUT2D eigenvalue weighted by atomic mass is 9.97. The number of esters is 1. The number of alkyl carbamates (subject to hydrolysis) is 1. The number of ether oxygens (including phenoxy) is 2. The Morgan fingerprint density at radius 1 is 0.952 bits per heavy atom. The van der Waals surface area contributed by atoms with Crippen molar-refractivity contribution in [1.29, 1.82) is 0 Å². The molecule has 1 rings (SSSR count).